The molecule has 0 amide bonds. The van der Waals surface area contributed by atoms with E-state index < -0.39 is 12.1 Å². The van der Waals surface area contributed by atoms with Gasteiger partial charge in [0.15, 0.2) is 12.0 Å². The zero-order valence-electron chi connectivity index (χ0n) is 7.29. The fourth-order valence-electron chi connectivity index (χ4n) is 1.05. The summed E-state index contributed by atoms with van der Waals surface area (Å²) < 4.78 is 24.6. The molecule has 0 N–H and O–H groups in total. The Balaban J connectivity index is 3.39. The number of halogens is 2. The molecule has 72 valence electrons. The van der Waals surface area contributed by atoms with Gasteiger partial charge in [0.1, 0.15) is 11.8 Å². The number of carbonyl (C=O) groups excluding carboxylic acids is 1. The molecular weight excluding hydrogens is 190 g/mol. The molecule has 0 radical (unpaired) electrons. The van der Waals surface area contributed by atoms with E-state index in [9.17, 15) is 13.6 Å². The van der Waals surface area contributed by atoms with Crippen molar-refractivity contribution >= 4 is 6.29 Å². The lowest BCUT2D eigenvalue weighted by Gasteiger charge is -2.04. The third kappa shape index (κ3) is 1.74. The van der Waals surface area contributed by atoms with E-state index in [1.165, 1.54) is 13.0 Å². The van der Waals surface area contributed by atoms with Crippen LogP contribution in [0.3, 0.4) is 0 Å². The molecule has 0 saturated carbocycles. The first-order valence-corrected chi connectivity index (χ1v) is 3.75. The van der Waals surface area contributed by atoms with Crippen molar-refractivity contribution in [2.75, 3.05) is 0 Å². The Labute approximate surface area is 79.0 Å². The van der Waals surface area contributed by atoms with Crippen LogP contribution in [-0.4, -0.2) is 11.3 Å². The number of nitrogens with zero attached hydrogens (tertiary/aromatic N) is 2. The minimum atomic E-state index is -2.73. The number of nitriles is 1. The quantitative estimate of drug-likeness (QED) is 0.680. The second-order valence-corrected chi connectivity index (χ2v) is 2.66. The van der Waals surface area contributed by atoms with Crippen LogP contribution in [0.1, 0.15) is 33.7 Å². The van der Waals surface area contributed by atoms with E-state index >= 15 is 0 Å². The van der Waals surface area contributed by atoms with Gasteiger partial charge < -0.3 is 0 Å². The van der Waals surface area contributed by atoms with Crippen molar-refractivity contribution in [3.8, 4) is 6.07 Å². The predicted molar refractivity (Wildman–Crippen MR) is 44.0 cm³/mol. The molecule has 0 aliphatic carbocycles. The van der Waals surface area contributed by atoms with Crippen LogP contribution < -0.4 is 0 Å². The van der Waals surface area contributed by atoms with E-state index in [0.717, 1.165) is 0 Å². The maximum atomic E-state index is 12.3. The molecule has 0 unspecified atom stereocenters. The maximum Gasteiger partial charge on any atom is 0.280 e. The second kappa shape index (κ2) is 3.92. The van der Waals surface area contributed by atoms with Crippen molar-refractivity contribution in [1.29, 1.82) is 5.26 Å². The molecule has 3 nitrogen and oxygen atoms in total. The number of aromatic nitrogens is 1. The first-order valence-electron chi connectivity index (χ1n) is 3.75. The van der Waals surface area contributed by atoms with Crippen molar-refractivity contribution in [3.05, 3.63) is 28.6 Å². The van der Waals surface area contributed by atoms with Gasteiger partial charge in [-0.1, -0.05) is 0 Å². The Bertz CT molecular complexity index is 410. The normalized spacial score (nSPS) is 9.93. The average Bonchev–Trinajstić information content (AvgIpc) is 2.16. The highest BCUT2D eigenvalue weighted by molar-refractivity contribution is 5.78. The topological polar surface area (TPSA) is 53.8 Å². The highest BCUT2D eigenvalue weighted by atomic mass is 19.3. The van der Waals surface area contributed by atoms with Gasteiger partial charge >= 0.3 is 0 Å². The SMILES string of the molecule is Cc1cc(C=O)c(C#N)nc1C(F)F. The van der Waals surface area contributed by atoms with Crippen LogP contribution in [0.5, 0.6) is 0 Å². The van der Waals surface area contributed by atoms with Gasteiger partial charge in [-0.3, -0.25) is 4.79 Å². The van der Waals surface area contributed by atoms with Crippen LogP contribution in [0, 0.1) is 18.3 Å². The fraction of sp³-hybridized carbons (Fsp3) is 0.222. The number of carbonyl (C=O) groups is 1. The summed E-state index contributed by atoms with van der Waals surface area (Å²) in [6, 6.07) is 2.83. The minimum Gasteiger partial charge on any atom is -0.298 e. The average molecular weight is 196 g/mol. The van der Waals surface area contributed by atoms with Gasteiger partial charge in [0.25, 0.3) is 6.43 Å². The van der Waals surface area contributed by atoms with Gasteiger partial charge in [0.05, 0.1) is 5.56 Å². The van der Waals surface area contributed by atoms with E-state index in [4.69, 9.17) is 5.26 Å². The van der Waals surface area contributed by atoms with E-state index in [2.05, 4.69) is 4.98 Å². The Kier molecular flexibility index (Phi) is 2.87. The van der Waals surface area contributed by atoms with Gasteiger partial charge in [0.2, 0.25) is 0 Å². The molecule has 0 bridgehead atoms. The summed E-state index contributed by atoms with van der Waals surface area (Å²) in [4.78, 5) is 13.9. The van der Waals surface area contributed by atoms with Gasteiger partial charge in [0, 0.05) is 0 Å². The smallest absolute Gasteiger partial charge is 0.280 e. The largest absolute Gasteiger partial charge is 0.298 e. The first-order chi connectivity index (χ1) is 6.60. The van der Waals surface area contributed by atoms with Crippen molar-refractivity contribution in [2.24, 2.45) is 0 Å². The fourth-order valence-corrected chi connectivity index (χ4v) is 1.05. The zero-order valence-corrected chi connectivity index (χ0v) is 7.29. The summed E-state index contributed by atoms with van der Waals surface area (Å²) in [5.74, 6) is 0. The number of hydrogen-bond donors (Lipinski definition) is 0. The minimum absolute atomic E-state index is 0.0365. The third-order valence-electron chi connectivity index (χ3n) is 1.72. The summed E-state index contributed by atoms with van der Waals surface area (Å²) in [7, 11) is 0. The molecule has 1 heterocycles. The number of alkyl halides is 2. The zero-order chi connectivity index (χ0) is 10.7. The number of aldehydes is 1. The van der Waals surface area contributed by atoms with E-state index in [1.807, 2.05) is 0 Å². The number of rotatable bonds is 2. The molecule has 0 spiro atoms. The molecule has 0 aliphatic rings. The Hall–Kier alpha value is -1.83. The summed E-state index contributed by atoms with van der Waals surface area (Å²) in [6.45, 7) is 1.42. The lowest BCUT2D eigenvalue weighted by atomic mass is 10.1. The number of pyridine rings is 1. The molecule has 5 heteroatoms. The van der Waals surface area contributed by atoms with Crippen LogP contribution in [-0.2, 0) is 0 Å². The van der Waals surface area contributed by atoms with Crippen LogP contribution >= 0.6 is 0 Å². The van der Waals surface area contributed by atoms with Crippen molar-refractivity contribution < 1.29 is 13.6 Å². The molecule has 0 saturated heterocycles. The Morgan fingerprint density at radius 1 is 1.64 bits per heavy atom. The highest BCUT2D eigenvalue weighted by Crippen LogP contribution is 2.21. The van der Waals surface area contributed by atoms with Crippen LogP contribution in [0.15, 0.2) is 6.07 Å². The van der Waals surface area contributed by atoms with Crippen molar-refractivity contribution in [1.82, 2.24) is 4.98 Å². The number of hydrogen-bond acceptors (Lipinski definition) is 3. The molecule has 1 aromatic rings. The molecule has 0 aromatic carbocycles. The van der Waals surface area contributed by atoms with E-state index in [-0.39, 0.29) is 16.8 Å². The Morgan fingerprint density at radius 3 is 2.71 bits per heavy atom. The number of aryl methyl sites for hydroxylation is 1. The molecule has 14 heavy (non-hydrogen) atoms. The molecular formula is C9H6F2N2O. The lowest BCUT2D eigenvalue weighted by Crippen LogP contribution is -2.01. The first kappa shape index (κ1) is 10.3. The third-order valence-corrected chi connectivity index (χ3v) is 1.72. The summed E-state index contributed by atoms with van der Waals surface area (Å²) in [5.41, 5.74) is -0.469. The van der Waals surface area contributed by atoms with Crippen molar-refractivity contribution in [3.63, 3.8) is 0 Å². The Morgan fingerprint density at radius 2 is 2.29 bits per heavy atom. The van der Waals surface area contributed by atoms with Gasteiger partial charge in [-0.05, 0) is 18.6 Å². The van der Waals surface area contributed by atoms with Crippen LogP contribution in [0.4, 0.5) is 8.78 Å². The molecule has 1 aromatic heterocycles. The second-order valence-electron chi connectivity index (χ2n) is 2.66. The summed E-state index contributed by atoms with van der Waals surface area (Å²) in [5, 5.41) is 8.53. The lowest BCUT2D eigenvalue weighted by molar-refractivity contribution is 0.112. The van der Waals surface area contributed by atoms with Gasteiger partial charge in [-0.25, -0.2) is 13.8 Å². The molecule has 0 atom stereocenters. The summed E-state index contributed by atoms with van der Waals surface area (Å²) in [6.07, 6.45) is -2.31. The molecule has 0 fully saturated rings. The van der Waals surface area contributed by atoms with E-state index in [1.54, 1.807) is 6.07 Å². The van der Waals surface area contributed by atoms with Crippen molar-refractivity contribution in [2.45, 2.75) is 13.3 Å². The van der Waals surface area contributed by atoms with Crippen LogP contribution in [0.25, 0.3) is 0 Å². The van der Waals surface area contributed by atoms with Gasteiger partial charge in [-0.15, -0.1) is 0 Å². The predicted octanol–water partition coefficient (Wildman–Crippen LogP) is 2.01. The summed E-state index contributed by atoms with van der Waals surface area (Å²) >= 11 is 0. The monoisotopic (exact) mass is 196 g/mol. The van der Waals surface area contributed by atoms with Crippen LogP contribution in [0.2, 0.25) is 0 Å². The molecule has 1 rings (SSSR count). The highest BCUT2D eigenvalue weighted by Gasteiger charge is 2.15. The standard InChI is InChI=1S/C9H6F2N2O/c1-5-2-6(4-14)7(3-12)13-8(5)9(10)11/h2,4,9H,1H3. The maximum absolute atomic E-state index is 12.3. The molecule has 0 aliphatic heterocycles. The van der Waals surface area contributed by atoms with E-state index in [0.29, 0.717) is 6.29 Å². The van der Waals surface area contributed by atoms with Gasteiger partial charge in [-0.2, -0.15) is 5.26 Å².